The third-order valence-corrected chi connectivity index (χ3v) is 5.82. The van der Waals surface area contributed by atoms with E-state index in [0.29, 0.717) is 0 Å². The normalized spacial score (nSPS) is 14.4. The molecule has 11 heteroatoms. The van der Waals surface area contributed by atoms with Gasteiger partial charge < -0.3 is 30.9 Å². The van der Waals surface area contributed by atoms with Crippen molar-refractivity contribution in [1.29, 1.82) is 0 Å². The van der Waals surface area contributed by atoms with E-state index in [1.807, 2.05) is 48.5 Å². The first-order valence-corrected chi connectivity index (χ1v) is 11.2. The summed E-state index contributed by atoms with van der Waals surface area (Å²) in [5.41, 5.74) is 4.04. The maximum Gasteiger partial charge on any atom is 0.407 e. The summed E-state index contributed by atoms with van der Waals surface area (Å²) in [5.74, 6) is -4.59. The predicted octanol–water partition coefficient (Wildman–Crippen LogP) is 1.46. The fourth-order valence-corrected chi connectivity index (χ4v) is 3.91. The highest BCUT2D eigenvalue weighted by atomic mass is 16.5. The molecule has 1 aliphatic carbocycles. The van der Waals surface area contributed by atoms with Crippen molar-refractivity contribution in [3.05, 3.63) is 59.7 Å². The first kappa shape index (κ1) is 26.2. The lowest BCUT2D eigenvalue weighted by molar-refractivity contribution is -0.142. The van der Waals surface area contributed by atoms with Crippen molar-refractivity contribution in [2.24, 2.45) is 0 Å². The van der Waals surface area contributed by atoms with Crippen LogP contribution in [0.15, 0.2) is 48.5 Å². The fraction of sp³-hybridized carbons (Fsp3) is 0.320. The number of hydrogen-bond acceptors (Lipinski definition) is 6. The summed E-state index contributed by atoms with van der Waals surface area (Å²) in [5, 5.41) is 24.7. The Morgan fingerprint density at radius 3 is 1.83 bits per heavy atom. The maximum atomic E-state index is 12.6. The van der Waals surface area contributed by atoms with Gasteiger partial charge in [0.2, 0.25) is 11.8 Å². The van der Waals surface area contributed by atoms with Crippen molar-refractivity contribution in [3.8, 4) is 11.1 Å². The molecule has 0 radical (unpaired) electrons. The topological polar surface area (TPSA) is 171 Å². The Morgan fingerprint density at radius 2 is 1.31 bits per heavy atom. The van der Waals surface area contributed by atoms with Crippen LogP contribution in [0, 0.1) is 0 Å². The van der Waals surface area contributed by atoms with E-state index in [0.717, 1.165) is 22.3 Å². The van der Waals surface area contributed by atoms with E-state index in [-0.39, 0.29) is 12.5 Å². The number of rotatable bonds is 10. The molecule has 0 saturated carbocycles. The highest BCUT2D eigenvalue weighted by Crippen LogP contribution is 2.44. The van der Waals surface area contributed by atoms with E-state index in [1.165, 1.54) is 13.8 Å². The molecular formula is C25H27N3O8. The molecule has 0 bridgehead atoms. The number of aliphatic carboxylic acids is 2. The summed E-state index contributed by atoms with van der Waals surface area (Å²) in [7, 11) is 0. The van der Waals surface area contributed by atoms with Crippen LogP contribution >= 0.6 is 0 Å². The minimum absolute atomic E-state index is 0.0397. The standard InChI is InChI=1S/C25H27N3O8/c1-13(23(31)32)26-21(29)11-20(22(30)27-14(2)24(33)34)28-25(35)36-12-19-17-9-5-3-7-15(17)16-8-4-6-10-18(16)19/h3-10,13-14,19-20H,11-12H2,1-2H3,(H,26,29)(H,27,30)(H,28,35)(H,31,32)(H,33,34)/t13-,14-,20-/m0/s1. The lowest BCUT2D eigenvalue weighted by Crippen LogP contribution is -2.53. The van der Waals surface area contributed by atoms with E-state index in [4.69, 9.17) is 14.9 Å². The van der Waals surface area contributed by atoms with E-state index in [9.17, 15) is 24.0 Å². The van der Waals surface area contributed by atoms with Gasteiger partial charge in [0.1, 0.15) is 24.7 Å². The summed E-state index contributed by atoms with van der Waals surface area (Å²) >= 11 is 0. The summed E-state index contributed by atoms with van der Waals surface area (Å²) in [6, 6.07) is 11.5. The number of nitrogens with one attached hydrogen (secondary N) is 3. The zero-order valence-electron chi connectivity index (χ0n) is 19.7. The number of amides is 3. The van der Waals surface area contributed by atoms with Gasteiger partial charge in [-0.2, -0.15) is 0 Å². The van der Waals surface area contributed by atoms with Gasteiger partial charge in [-0.3, -0.25) is 19.2 Å². The molecule has 0 heterocycles. The van der Waals surface area contributed by atoms with Gasteiger partial charge in [0, 0.05) is 5.92 Å². The molecule has 0 fully saturated rings. The number of ether oxygens (including phenoxy) is 1. The van der Waals surface area contributed by atoms with Gasteiger partial charge in [-0.15, -0.1) is 0 Å². The Bertz CT molecular complexity index is 1140. The van der Waals surface area contributed by atoms with Gasteiger partial charge in [0.15, 0.2) is 0 Å². The first-order chi connectivity index (χ1) is 17.1. The van der Waals surface area contributed by atoms with Crippen molar-refractivity contribution in [2.75, 3.05) is 6.61 Å². The molecule has 0 unspecified atom stereocenters. The zero-order valence-corrected chi connectivity index (χ0v) is 19.7. The van der Waals surface area contributed by atoms with Gasteiger partial charge in [-0.25, -0.2) is 4.79 Å². The fourth-order valence-electron chi connectivity index (χ4n) is 3.91. The van der Waals surface area contributed by atoms with Gasteiger partial charge in [-0.1, -0.05) is 48.5 Å². The van der Waals surface area contributed by atoms with Crippen LogP contribution in [0.25, 0.3) is 11.1 Å². The van der Waals surface area contributed by atoms with Crippen LogP contribution in [0.2, 0.25) is 0 Å². The van der Waals surface area contributed by atoms with Crippen LogP contribution in [0.3, 0.4) is 0 Å². The quantitative estimate of drug-likeness (QED) is 0.328. The number of fused-ring (bicyclic) bond motifs is 3. The molecular weight excluding hydrogens is 470 g/mol. The second-order valence-corrected chi connectivity index (χ2v) is 8.42. The SMILES string of the molecule is C[C@H](NC(=O)C[C@H](NC(=O)OCC1c2ccccc2-c2ccccc21)C(=O)N[C@@H](C)C(=O)O)C(=O)O. The predicted molar refractivity (Wildman–Crippen MR) is 127 cm³/mol. The first-order valence-electron chi connectivity index (χ1n) is 11.2. The highest BCUT2D eigenvalue weighted by Gasteiger charge is 2.31. The molecule has 3 amide bonds. The Labute approximate surface area is 206 Å². The van der Waals surface area contributed by atoms with Gasteiger partial charge >= 0.3 is 18.0 Å². The molecule has 0 aromatic heterocycles. The molecule has 5 N–H and O–H groups in total. The molecule has 190 valence electrons. The molecule has 3 atom stereocenters. The van der Waals surface area contributed by atoms with E-state index < -0.39 is 54.4 Å². The molecule has 3 rings (SSSR count). The van der Waals surface area contributed by atoms with E-state index >= 15 is 0 Å². The maximum absolute atomic E-state index is 12.6. The summed E-state index contributed by atoms with van der Waals surface area (Å²) in [6.45, 7) is 2.42. The summed E-state index contributed by atoms with van der Waals surface area (Å²) in [4.78, 5) is 59.6. The Hall–Kier alpha value is -4.41. The number of hydrogen-bond donors (Lipinski definition) is 5. The lowest BCUT2D eigenvalue weighted by Gasteiger charge is -2.21. The monoisotopic (exact) mass is 497 g/mol. The molecule has 1 aliphatic rings. The van der Waals surface area contributed by atoms with Crippen LogP contribution in [0.4, 0.5) is 4.79 Å². The third-order valence-electron chi connectivity index (χ3n) is 5.82. The van der Waals surface area contributed by atoms with Crippen LogP contribution in [-0.2, 0) is 23.9 Å². The third kappa shape index (κ3) is 6.17. The molecule has 0 spiro atoms. The van der Waals surface area contributed by atoms with Crippen molar-refractivity contribution in [3.63, 3.8) is 0 Å². The molecule has 36 heavy (non-hydrogen) atoms. The minimum Gasteiger partial charge on any atom is -0.480 e. The highest BCUT2D eigenvalue weighted by molar-refractivity contribution is 5.93. The smallest absolute Gasteiger partial charge is 0.407 e. The minimum atomic E-state index is -1.50. The number of alkyl carbamates (subject to hydrolysis) is 1. The zero-order chi connectivity index (χ0) is 26.4. The van der Waals surface area contributed by atoms with E-state index in [2.05, 4.69) is 16.0 Å². The van der Waals surface area contributed by atoms with Gasteiger partial charge in [0.05, 0.1) is 6.42 Å². The van der Waals surface area contributed by atoms with Crippen molar-refractivity contribution >= 4 is 29.8 Å². The Balaban J connectivity index is 1.69. The van der Waals surface area contributed by atoms with E-state index in [1.54, 1.807) is 0 Å². The Morgan fingerprint density at radius 1 is 0.806 bits per heavy atom. The molecule has 2 aromatic carbocycles. The Kier molecular flexibility index (Phi) is 8.26. The van der Waals surface area contributed by atoms with Crippen LogP contribution in [-0.4, -0.2) is 64.8 Å². The summed E-state index contributed by atoms with van der Waals surface area (Å²) in [6.07, 6.45) is -1.61. The number of benzene rings is 2. The lowest BCUT2D eigenvalue weighted by atomic mass is 9.98. The van der Waals surface area contributed by atoms with Gasteiger partial charge in [-0.05, 0) is 36.1 Å². The summed E-state index contributed by atoms with van der Waals surface area (Å²) < 4.78 is 5.40. The molecule has 2 aromatic rings. The van der Waals surface area contributed by atoms with Crippen LogP contribution < -0.4 is 16.0 Å². The molecule has 11 nitrogen and oxygen atoms in total. The van der Waals surface area contributed by atoms with Gasteiger partial charge in [0.25, 0.3) is 0 Å². The average molecular weight is 498 g/mol. The molecule has 0 aliphatic heterocycles. The second-order valence-electron chi connectivity index (χ2n) is 8.42. The van der Waals surface area contributed by atoms with Crippen LogP contribution in [0.5, 0.6) is 0 Å². The second kappa shape index (κ2) is 11.3. The number of carboxylic acids is 2. The average Bonchev–Trinajstić information content (AvgIpc) is 3.15. The van der Waals surface area contributed by atoms with Crippen LogP contribution in [0.1, 0.15) is 37.3 Å². The largest absolute Gasteiger partial charge is 0.480 e. The number of carbonyl (C=O) groups is 5. The molecule has 0 saturated heterocycles. The van der Waals surface area contributed by atoms with Crippen molar-refractivity contribution < 1.29 is 38.9 Å². The number of carbonyl (C=O) groups excluding carboxylic acids is 3. The van der Waals surface area contributed by atoms with Crippen molar-refractivity contribution in [1.82, 2.24) is 16.0 Å². The number of carboxylic acid groups (broad SMARTS) is 2. The van der Waals surface area contributed by atoms with Crippen molar-refractivity contribution in [2.45, 2.75) is 44.3 Å².